The Kier molecular flexibility index (Phi) is 2.71. The maximum Gasteiger partial charge on any atom is 0.178 e. The van der Waals surface area contributed by atoms with Gasteiger partial charge < -0.3 is 0 Å². The number of nitrogens with zero attached hydrogens (tertiary/aromatic N) is 1. The third kappa shape index (κ3) is 2.01. The third-order valence-corrected chi connectivity index (χ3v) is 3.98. The van der Waals surface area contributed by atoms with E-state index in [0.29, 0.717) is 5.69 Å². The molecule has 0 saturated heterocycles. The van der Waals surface area contributed by atoms with E-state index < -0.39 is 0 Å². The second-order valence-electron chi connectivity index (χ2n) is 3.42. The number of hydrogen-bond donors (Lipinski definition) is 0. The highest BCUT2D eigenvalue weighted by molar-refractivity contribution is 7.15. The van der Waals surface area contributed by atoms with Crippen molar-refractivity contribution in [3.05, 3.63) is 26.9 Å². The molecule has 0 saturated carbocycles. The summed E-state index contributed by atoms with van der Waals surface area (Å²) in [6, 6.07) is 2.13. The number of thiophene rings is 1. The number of carbonyl (C=O) groups is 1. The predicted molar refractivity (Wildman–Crippen MR) is 64.9 cm³/mol. The Hall–Kier alpha value is -1.00. The van der Waals surface area contributed by atoms with Crippen LogP contribution in [0.3, 0.4) is 0 Å². The zero-order valence-electron chi connectivity index (χ0n) is 8.83. The van der Waals surface area contributed by atoms with E-state index in [9.17, 15) is 4.79 Å². The van der Waals surface area contributed by atoms with Gasteiger partial charge in [-0.25, -0.2) is 4.98 Å². The molecule has 2 heterocycles. The van der Waals surface area contributed by atoms with Crippen LogP contribution in [0.4, 0.5) is 0 Å². The molecule has 0 radical (unpaired) electrons. The summed E-state index contributed by atoms with van der Waals surface area (Å²) < 4.78 is 0. The molecule has 0 aromatic carbocycles. The second kappa shape index (κ2) is 3.87. The lowest BCUT2D eigenvalue weighted by molar-refractivity contribution is 0.101. The smallest absolute Gasteiger partial charge is 0.178 e. The van der Waals surface area contributed by atoms with Crippen molar-refractivity contribution in [2.24, 2.45) is 0 Å². The monoisotopic (exact) mass is 237 g/mol. The van der Waals surface area contributed by atoms with E-state index in [4.69, 9.17) is 0 Å². The number of carbonyl (C=O) groups excluding carboxylic acids is 1. The average molecular weight is 237 g/mol. The molecule has 15 heavy (non-hydrogen) atoms. The van der Waals surface area contributed by atoms with Crippen molar-refractivity contribution >= 4 is 28.5 Å². The molecule has 2 nitrogen and oxygen atoms in total. The SMILES string of the molecule is CC(=O)c1csc(-c2cc(C)sc2C)n1. The molecule has 2 aromatic heterocycles. The van der Waals surface area contributed by atoms with E-state index in [1.165, 1.54) is 21.1 Å². The van der Waals surface area contributed by atoms with E-state index in [1.54, 1.807) is 18.3 Å². The minimum Gasteiger partial charge on any atom is -0.293 e. The van der Waals surface area contributed by atoms with Gasteiger partial charge in [0.1, 0.15) is 10.7 Å². The van der Waals surface area contributed by atoms with Crippen LogP contribution < -0.4 is 0 Å². The van der Waals surface area contributed by atoms with Gasteiger partial charge in [-0.05, 0) is 19.9 Å². The fourth-order valence-corrected chi connectivity index (χ4v) is 3.32. The Balaban J connectivity index is 2.45. The first-order chi connectivity index (χ1) is 7.08. The van der Waals surface area contributed by atoms with Crippen molar-refractivity contribution in [1.82, 2.24) is 4.98 Å². The number of rotatable bonds is 2. The summed E-state index contributed by atoms with van der Waals surface area (Å²) >= 11 is 3.30. The molecule has 0 N–H and O–H groups in total. The van der Waals surface area contributed by atoms with Crippen molar-refractivity contribution < 1.29 is 4.79 Å². The van der Waals surface area contributed by atoms with E-state index in [0.717, 1.165) is 10.6 Å². The lowest BCUT2D eigenvalue weighted by Crippen LogP contribution is -1.91. The van der Waals surface area contributed by atoms with Gasteiger partial charge >= 0.3 is 0 Å². The van der Waals surface area contributed by atoms with E-state index in [1.807, 2.05) is 5.38 Å². The van der Waals surface area contributed by atoms with Crippen molar-refractivity contribution in [3.8, 4) is 10.6 Å². The molecule has 2 rings (SSSR count). The zero-order chi connectivity index (χ0) is 11.0. The third-order valence-electron chi connectivity index (χ3n) is 2.14. The van der Waals surface area contributed by atoms with Crippen LogP contribution in [0, 0.1) is 13.8 Å². The van der Waals surface area contributed by atoms with Gasteiger partial charge in [0.05, 0.1) is 0 Å². The number of hydrogen-bond acceptors (Lipinski definition) is 4. The van der Waals surface area contributed by atoms with Gasteiger partial charge in [0.25, 0.3) is 0 Å². The van der Waals surface area contributed by atoms with Crippen LogP contribution in [-0.4, -0.2) is 10.8 Å². The van der Waals surface area contributed by atoms with Crippen LogP contribution in [0.5, 0.6) is 0 Å². The van der Waals surface area contributed by atoms with Crippen LogP contribution >= 0.6 is 22.7 Å². The van der Waals surface area contributed by atoms with Gasteiger partial charge in [-0.15, -0.1) is 22.7 Å². The first kappa shape index (κ1) is 10.5. The Bertz CT molecular complexity index is 510. The van der Waals surface area contributed by atoms with Crippen LogP contribution in [0.25, 0.3) is 10.6 Å². The largest absolute Gasteiger partial charge is 0.293 e. The fraction of sp³-hybridized carbons (Fsp3) is 0.273. The lowest BCUT2D eigenvalue weighted by atomic mass is 10.2. The average Bonchev–Trinajstić information content (AvgIpc) is 2.71. The summed E-state index contributed by atoms with van der Waals surface area (Å²) in [4.78, 5) is 18.0. The molecule has 0 bridgehead atoms. The standard InChI is InChI=1S/C11H11NOS2/c1-6-4-9(8(3)15-6)11-12-10(5-14-11)7(2)13/h4-5H,1-3H3. The van der Waals surface area contributed by atoms with Gasteiger partial charge in [0.2, 0.25) is 0 Å². The van der Waals surface area contributed by atoms with E-state index in [2.05, 4.69) is 24.9 Å². The molecule has 2 aromatic rings. The molecular formula is C11H11NOS2. The highest BCUT2D eigenvalue weighted by Crippen LogP contribution is 2.32. The minimum atomic E-state index is 0.0297. The van der Waals surface area contributed by atoms with E-state index in [-0.39, 0.29) is 5.78 Å². The number of aryl methyl sites for hydroxylation is 2. The van der Waals surface area contributed by atoms with E-state index >= 15 is 0 Å². The van der Waals surface area contributed by atoms with Gasteiger partial charge in [0, 0.05) is 27.6 Å². The zero-order valence-corrected chi connectivity index (χ0v) is 10.5. The molecule has 0 aliphatic carbocycles. The quantitative estimate of drug-likeness (QED) is 0.746. The minimum absolute atomic E-state index is 0.0297. The van der Waals surface area contributed by atoms with Gasteiger partial charge in [0.15, 0.2) is 5.78 Å². The Morgan fingerprint density at radius 2 is 2.13 bits per heavy atom. The Morgan fingerprint density at radius 1 is 1.40 bits per heavy atom. The lowest BCUT2D eigenvalue weighted by Gasteiger charge is -1.91. The summed E-state index contributed by atoms with van der Waals surface area (Å²) in [5.41, 5.74) is 1.73. The first-order valence-corrected chi connectivity index (χ1v) is 6.31. The number of Topliss-reactive ketones (excluding diaryl/α,β-unsaturated/α-hetero) is 1. The Morgan fingerprint density at radius 3 is 2.60 bits per heavy atom. The maximum atomic E-state index is 11.1. The van der Waals surface area contributed by atoms with Crippen LogP contribution in [0.15, 0.2) is 11.4 Å². The second-order valence-corrected chi connectivity index (χ2v) is 5.74. The molecule has 4 heteroatoms. The summed E-state index contributed by atoms with van der Waals surface area (Å²) in [6.45, 7) is 5.72. The summed E-state index contributed by atoms with van der Waals surface area (Å²) in [5, 5.41) is 2.77. The topological polar surface area (TPSA) is 30.0 Å². The first-order valence-electron chi connectivity index (χ1n) is 4.62. The molecule has 0 unspecified atom stereocenters. The summed E-state index contributed by atoms with van der Waals surface area (Å²) in [6.07, 6.45) is 0. The maximum absolute atomic E-state index is 11.1. The van der Waals surface area contributed by atoms with Gasteiger partial charge in [-0.1, -0.05) is 0 Å². The summed E-state index contributed by atoms with van der Waals surface area (Å²) in [7, 11) is 0. The van der Waals surface area contributed by atoms with Crippen molar-refractivity contribution in [2.45, 2.75) is 20.8 Å². The highest BCUT2D eigenvalue weighted by atomic mass is 32.1. The molecule has 78 valence electrons. The van der Waals surface area contributed by atoms with Crippen LogP contribution in [0.2, 0.25) is 0 Å². The number of thiazole rings is 1. The van der Waals surface area contributed by atoms with Crippen molar-refractivity contribution in [3.63, 3.8) is 0 Å². The molecule has 0 fully saturated rings. The molecule has 0 aliphatic heterocycles. The van der Waals surface area contributed by atoms with Crippen molar-refractivity contribution in [1.29, 1.82) is 0 Å². The summed E-state index contributed by atoms with van der Waals surface area (Å²) in [5.74, 6) is 0.0297. The normalized spacial score (nSPS) is 10.6. The molecule has 0 atom stereocenters. The van der Waals surface area contributed by atoms with Gasteiger partial charge in [-0.3, -0.25) is 4.79 Å². The molecule has 0 amide bonds. The highest BCUT2D eigenvalue weighted by Gasteiger charge is 2.11. The predicted octanol–water partition coefficient (Wildman–Crippen LogP) is 3.69. The number of ketones is 1. The fourth-order valence-electron chi connectivity index (χ4n) is 1.40. The van der Waals surface area contributed by atoms with Crippen LogP contribution in [-0.2, 0) is 0 Å². The molecular weight excluding hydrogens is 226 g/mol. The Labute approximate surface area is 96.6 Å². The van der Waals surface area contributed by atoms with Gasteiger partial charge in [-0.2, -0.15) is 0 Å². The van der Waals surface area contributed by atoms with Crippen LogP contribution in [0.1, 0.15) is 27.2 Å². The van der Waals surface area contributed by atoms with Crippen molar-refractivity contribution in [2.75, 3.05) is 0 Å². The molecule has 0 aliphatic rings. The number of aromatic nitrogens is 1. The molecule has 0 spiro atoms.